The first-order valence-electron chi connectivity index (χ1n) is 17.8. The first kappa shape index (κ1) is 36.3. The molecular formula is C36H41FN8O7S. The lowest BCUT2D eigenvalue weighted by Crippen LogP contribution is -2.58. The van der Waals surface area contributed by atoms with Crippen molar-refractivity contribution >= 4 is 44.7 Å². The highest BCUT2D eigenvalue weighted by Gasteiger charge is 2.63. The van der Waals surface area contributed by atoms with Crippen LogP contribution in [0.5, 0.6) is 5.88 Å². The van der Waals surface area contributed by atoms with E-state index in [0.29, 0.717) is 36.9 Å². The van der Waals surface area contributed by atoms with E-state index < -0.39 is 73.9 Å². The number of aromatic nitrogens is 4. The molecule has 280 valence electrons. The van der Waals surface area contributed by atoms with Gasteiger partial charge in [0.25, 0.3) is 11.8 Å². The van der Waals surface area contributed by atoms with Crippen LogP contribution in [0.3, 0.4) is 0 Å². The molecule has 1 saturated heterocycles. The maximum absolute atomic E-state index is 14.5. The summed E-state index contributed by atoms with van der Waals surface area (Å²) in [6.45, 7) is 3.15. The quantitative estimate of drug-likeness (QED) is 0.300. The highest BCUT2D eigenvalue weighted by molar-refractivity contribution is 7.91. The largest absolute Gasteiger partial charge is 0.471 e. The van der Waals surface area contributed by atoms with Crippen molar-refractivity contribution in [2.75, 3.05) is 6.54 Å². The van der Waals surface area contributed by atoms with Gasteiger partial charge in [-0.2, -0.15) is 0 Å². The zero-order valence-electron chi connectivity index (χ0n) is 29.4. The third-order valence-electron chi connectivity index (χ3n) is 10.6. The highest BCUT2D eigenvalue weighted by atomic mass is 32.2. The van der Waals surface area contributed by atoms with Gasteiger partial charge in [0.15, 0.2) is 0 Å². The summed E-state index contributed by atoms with van der Waals surface area (Å²) in [6, 6.07) is 1.79. The molecule has 2 saturated carbocycles. The number of sulfonamides is 1. The number of nitrogens with zero attached hydrogens (tertiary/aromatic N) is 5. The van der Waals surface area contributed by atoms with Gasteiger partial charge in [0, 0.05) is 30.8 Å². The van der Waals surface area contributed by atoms with Crippen molar-refractivity contribution in [1.82, 2.24) is 40.2 Å². The molecule has 2 aromatic heterocycles. The fraction of sp³-hybridized carbons (Fsp3) is 0.500. The molecular weight excluding hydrogens is 708 g/mol. The molecule has 0 spiro atoms. The Balaban J connectivity index is 1.20. The van der Waals surface area contributed by atoms with Gasteiger partial charge < -0.3 is 20.3 Å². The second kappa shape index (κ2) is 14.1. The van der Waals surface area contributed by atoms with Crippen molar-refractivity contribution in [3.05, 3.63) is 66.1 Å². The van der Waals surface area contributed by atoms with E-state index in [1.165, 1.54) is 41.7 Å². The zero-order valence-corrected chi connectivity index (χ0v) is 30.2. The van der Waals surface area contributed by atoms with Gasteiger partial charge in [-0.25, -0.2) is 27.8 Å². The van der Waals surface area contributed by atoms with Crippen molar-refractivity contribution in [3.8, 4) is 5.88 Å². The maximum atomic E-state index is 14.5. The molecule has 5 atom stereocenters. The topological polar surface area (TPSA) is 203 Å². The van der Waals surface area contributed by atoms with Crippen LogP contribution in [0, 0.1) is 18.7 Å². The van der Waals surface area contributed by atoms with Gasteiger partial charge in [0.05, 0.1) is 28.5 Å². The Morgan fingerprint density at radius 1 is 1.09 bits per heavy atom. The maximum Gasteiger partial charge on any atom is 0.272 e. The van der Waals surface area contributed by atoms with Gasteiger partial charge in [0.2, 0.25) is 27.7 Å². The van der Waals surface area contributed by atoms with E-state index in [9.17, 15) is 32.0 Å². The molecule has 0 bridgehead atoms. The number of nitrogens with one attached hydrogen (secondary N) is 3. The molecule has 3 N–H and O–H groups in total. The first-order chi connectivity index (χ1) is 25.3. The van der Waals surface area contributed by atoms with Crippen LogP contribution in [0.4, 0.5) is 4.39 Å². The minimum absolute atomic E-state index is 0.0165. The Hall–Kier alpha value is -5.06. The highest BCUT2D eigenvalue weighted by Crippen LogP contribution is 2.47. The van der Waals surface area contributed by atoms with Crippen molar-refractivity contribution in [2.24, 2.45) is 5.92 Å². The number of ether oxygens (including phenoxy) is 1. The molecule has 7 rings (SSSR count). The third-order valence-corrected chi connectivity index (χ3v) is 12.8. The van der Waals surface area contributed by atoms with E-state index in [1.54, 1.807) is 13.8 Å². The summed E-state index contributed by atoms with van der Waals surface area (Å²) in [5.41, 5.74) is -0.408. The Morgan fingerprint density at radius 3 is 2.66 bits per heavy atom. The summed E-state index contributed by atoms with van der Waals surface area (Å²) >= 11 is 0. The van der Waals surface area contributed by atoms with E-state index in [1.807, 2.05) is 12.2 Å². The lowest BCUT2D eigenvalue weighted by Gasteiger charge is -2.30. The van der Waals surface area contributed by atoms with Gasteiger partial charge in [-0.15, -0.1) is 0 Å². The fourth-order valence-electron chi connectivity index (χ4n) is 6.96. The molecule has 17 heteroatoms. The number of carbonyl (C=O) groups is 4. The molecule has 15 nitrogen and oxygen atoms in total. The van der Waals surface area contributed by atoms with E-state index >= 15 is 0 Å². The summed E-state index contributed by atoms with van der Waals surface area (Å²) in [7, 11) is -4.01. The van der Waals surface area contributed by atoms with Gasteiger partial charge in [-0.05, 0) is 64.5 Å². The predicted octanol–water partition coefficient (Wildman–Crippen LogP) is 2.41. The van der Waals surface area contributed by atoms with Crippen molar-refractivity contribution in [3.63, 3.8) is 0 Å². The van der Waals surface area contributed by atoms with Crippen LogP contribution in [0.15, 0.2) is 48.9 Å². The summed E-state index contributed by atoms with van der Waals surface area (Å²) in [6.07, 6.45) is 11.0. The number of carbonyl (C=O) groups excluding carboxylic acids is 4. The molecule has 2 aliphatic heterocycles. The van der Waals surface area contributed by atoms with Crippen LogP contribution >= 0.6 is 0 Å². The minimum Gasteiger partial charge on any atom is -0.471 e. The van der Waals surface area contributed by atoms with E-state index in [0.717, 1.165) is 12.8 Å². The van der Waals surface area contributed by atoms with Crippen LogP contribution in [-0.4, -0.2) is 91.9 Å². The number of fused-ring (bicyclic) bond motifs is 3. The standard InChI is InChI=1S/C36H41FN8O7S/c1-21-32(42-27-16-23(37)10-11-25(27)40-21)52-24-17-29-31(47)43-36(34(49)44-53(50,51)35(2)12-13-35)18-22(36)8-6-4-3-5-7-9-26(33(48)45(29)20-24)41-30(46)28-19-38-14-15-39-28/h6,8,10-11,14-16,19,22,24,26,29H,3-5,7,9,12-13,17-18,20H2,1-2H3,(H,41,46)(H,43,47)(H,44,49)/t22-,24-,26+,29+,36-/m1/s1. The lowest BCUT2D eigenvalue weighted by molar-refractivity contribution is -0.141. The SMILES string of the molecule is Cc1nc2ccc(F)cc2nc1O[C@@H]1C[C@H]2C(=O)N[C@]3(C(=O)NS(=O)(=O)C4(C)CC4)C[C@H]3C=CCCCCC[C@H](NC(=O)c3cnccn3)C(=O)N2C1. The average molecular weight is 749 g/mol. The summed E-state index contributed by atoms with van der Waals surface area (Å²) in [4.78, 5) is 74.1. The fourth-order valence-corrected chi connectivity index (χ4v) is 8.28. The molecule has 0 unspecified atom stereocenters. The molecule has 0 radical (unpaired) electrons. The Morgan fingerprint density at radius 2 is 1.91 bits per heavy atom. The third kappa shape index (κ3) is 7.43. The molecule has 1 aromatic carbocycles. The van der Waals surface area contributed by atoms with Crippen molar-refractivity contribution in [1.29, 1.82) is 0 Å². The molecule has 3 aromatic rings. The number of aryl methyl sites for hydroxylation is 1. The van der Waals surface area contributed by atoms with Crippen LogP contribution < -0.4 is 20.1 Å². The number of hydrogen-bond acceptors (Lipinski definition) is 11. The van der Waals surface area contributed by atoms with Gasteiger partial charge >= 0.3 is 0 Å². The number of benzene rings is 1. The molecule has 3 fully saturated rings. The van der Waals surface area contributed by atoms with Crippen LogP contribution in [0.2, 0.25) is 0 Å². The number of allylic oxidation sites excluding steroid dienone is 1. The molecule has 4 aliphatic rings. The molecule has 2 aliphatic carbocycles. The Bertz CT molecular complexity index is 2100. The van der Waals surface area contributed by atoms with Crippen LogP contribution in [0.1, 0.15) is 80.9 Å². The van der Waals surface area contributed by atoms with Gasteiger partial charge in [0.1, 0.15) is 40.9 Å². The van der Waals surface area contributed by atoms with Gasteiger partial charge in [-0.1, -0.05) is 25.0 Å². The van der Waals surface area contributed by atoms with Crippen LogP contribution in [-0.2, 0) is 24.4 Å². The molecule has 53 heavy (non-hydrogen) atoms. The minimum atomic E-state index is -4.01. The summed E-state index contributed by atoms with van der Waals surface area (Å²) < 4.78 is 47.7. The number of rotatable bonds is 7. The Kier molecular flexibility index (Phi) is 9.63. The normalized spacial score (nSPS) is 27.0. The zero-order chi connectivity index (χ0) is 37.5. The van der Waals surface area contributed by atoms with Gasteiger partial charge in [-0.3, -0.25) is 28.9 Å². The predicted molar refractivity (Wildman–Crippen MR) is 188 cm³/mol. The van der Waals surface area contributed by atoms with E-state index in [4.69, 9.17) is 4.74 Å². The van der Waals surface area contributed by atoms with E-state index in [-0.39, 0.29) is 42.9 Å². The number of hydrogen-bond donors (Lipinski definition) is 3. The number of amides is 4. The van der Waals surface area contributed by atoms with E-state index in [2.05, 4.69) is 35.3 Å². The summed E-state index contributed by atoms with van der Waals surface area (Å²) in [5.74, 6) is -3.53. The molecule has 4 heterocycles. The smallest absolute Gasteiger partial charge is 0.272 e. The Labute approximate surface area is 305 Å². The molecule has 4 amide bonds. The average Bonchev–Trinajstić information content (AvgIpc) is 4.01. The van der Waals surface area contributed by atoms with Crippen LogP contribution in [0.25, 0.3) is 11.0 Å². The van der Waals surface area contributed by atoms with Crippen molar-refractivity contribution < 1.29 is 36.7 Å². The monoisotopic (exact) mass is 748 g/mol. The first-order valence-corrected chi connectivity index (χ1v) is 19.3. The van der Waals surface area contributed by atoms with Crippen molar-refractivity contribution in [2.45, 2.75) is 100 Å². The lowest BCUT2D eigenvalue weighted by atomic mass is 10.0. The second-order valence-electron chi connectivity index (χ2n) is 14.6. The summed E-state index contributed by atoms with van der Waals surface area (Å²) in [5, 5.41) is 5.62. The number of halogens is 1. The second-order valence-corrected chi connectivity index (χ2v) is 16.8.